The Kier molecular flexibility index (Phi) is 4.21. The summed E-state index contributed by atoms with van der Waals surface area (Å²) in [6.45, 7) is 6.69. The Morgan fingerprint density at radius 2 is 2.18 bits per heavy atom. The van der Waals surface area contributed by atoms with Gasteiger partial charge in [0.25, 0.3) is 0 Å². The SMILES string of the molecule is CNC(Cc1nc(C)c(C)s1)C1CCCC1C. The second kappa shape index (κ2) is 5.49. The molecule has 0 aliphatic heterocycles. The molecule has 3 unspecified atom stereocenters. The van der Waals surface area contributed by atoms with Crippen molar-refractivity contribution in [3.8, 4) is 0 Å². The molecule has 0 radical (unpaired) electrons. The van der Waals surface area contributed by atoms with Gasteiger partial charge in [-0.25, -0.2) is 4.98 Å². The lowest BCUT2D eigenvalue weighted by atomic mass is 9.88. The van der Waals surface area contributed by atoms with Crippen molar-refractivity contribution in [2.75, 3.05) is 7.05 Å². The number of likely N-dealkylation sites (N-methyl/N-ethyl adjacent to an activating group) is 1. The minimum absolute atomic E-state index is 0.609. The first-order valence-electron chi connectivity index (χ1n) is 6.72. The Bertz CT molecular complexity index is 353. The number of aromatic nitrogens is 1. The van der Waals surface area contributed by atoms with Gasteiger partial charge >= 0.3 is 0 Å². The number of aryl methyl sites for hydroxylation is 2. The molecule has 1 aliphatic rings. The van der Waals surface area contributed by atoms with E-state index in [1.54, 1.807) is 0 Å². The Hall–Kier alpha value is -0.410. The Morgan fingerprint density at radius 3 is 2.65 bits per heavy atom. The second-order valence-electron chi connectivity index (χ2n) is 5.42. The van der Waals surface area contributed by atoms with Gasteiger partial charge < -0.3 is 5.32 Å². The highest BCUT2D eigenvalue weighted by Gasteiger charge is 2.30. The van der Waals surface area contributed by atoms with Crippen LogP contribution in [0.3, 0.4) is 0 Å². The van der Waals surface area contributed by atoms with Gasteiger partial charge in [-0.15, -0.1) is 11.3 Å². The predicted molar refractivity (Wildman–Crippen MR) is 74.6 cm³/mol. The van der Waals surface area contributed by atoms with Crippen LogP contribution in [0.5, 0.6) is 0 Å². The summed E-state index contributed by atoms with van der Waals surface area (Å²) >= 11 is 1.87. The first-order valence-corrected chi connectivity index (χ1v) is 7.53. The van der Waals surface area contributed by atoms with E-state index in [4.69, 9.17) is 0 Å². The van der Waals surface area contributed by atoms with E-state index in [0.29, 0.717) is 6.04 Å². The van der Waals surface area contributed by atoms with E-state index < -0.39 is 0 Å². The van der Waals surface area contributed by atoms with Crippen LogP contribution in [0.2, 0.25) is 0 Å². The van der Waals surface area contributed by atoms with Crippen molar-refractivity contribution in [3.63, 3.8) is 0 Å². The quantitative estimate of drug-likeness (QED) is 0.889. The molecule has 17 heavy (non-hydrogen) atoms. The summed E-state index contributed by atoms with van der Waals surface area (Å²) < 4.78 is 0. The molecule has 1 heterocycles. The Balaban J connectivity index is 2.04. The molecule has 0 amide bonds. The standard InChI is InChI=1S/C14H24N2S/c1-9-6-5-7-12(9)13(15-4)8-14-16-10(2)11(3)17-14/h9,12-13,15H,5-8H2,1-4H3. The summed E-state index contributed by atoms with van der Waals surface area (Å²) in [5.74, 6) is 1.71. The molecule has 1 saturated carbocycles. The van der Waals surface area contributed by atoms with Crippen LogP contribution in [0.15, 0.2) is 0 Å². The van der Waals surface area contributed by atoms with Crippen molar-refractivity contribution in [3.05, 3.63) is 15.6 Å². The van der Waals surface area contributed by atoms with Crippen molar-refractivity contribution in [1.29, 1.82) is 0 Å². The summed E-state index contributed by atoms with van der Waals surface area (Å²) in [4.78, 5) is 6.04. The normalized spacial score (nSPS) is 26.4. The first-order chi connectivity index (χ1) is 8.11. The average Bonchev–Trinajstić information content (AvgIpc) is 2.83. The van der Waals surface area contributed by atoms with Crippen LogP contribution in [-0.4, -0.2) is 18.1 Å². The summed E-state index contributed by atoms with van der Waals surface area (Å²) in [7, 11) is 2.10. The molecule has 96 valence electrons. The molecule has 1 aliphatic carbocycles. The van der Waals surface area contributed by atoms with E-state index in [1.807, 2.05) is 11.3 Å². The van der Waals surface area contributed by atoms with Crippen LogP contribution in [0.1, 0.15) is 41.8 Å². The lowest BCUT2D eigenvalue weighted by Gasteiger charge is -2.25. The van der Waals surface area contributed by atoms with Crippen molar-refractivity contribution in [2.45, 2.75) is 52.5 Å². The van der Waals surface area contributed by atoms with Gasteiger partial charge in [0.2, 0.25) is 0 Å². The zero-order chi connectivity index (χ0) is 12.4. The molecule has 3 heteroatoms. The molecule has 1 aromatic heterocycles. The molecule has 1 aromatic rings. The van der Waals surface area contributed by atoms with Gasteiger partial charge in [-0.2, -0.15) is 0 Å². The minimum Gasteiger partial charge on any atom is -0.316 e. The number of nitrogens with one attached hydrogen (secondary N) is 1. The van der Waals surface area contributed by atoms with Gasteiger partial charge in [-0.3, -0.25) is 0 Å². The zero-order valence-electron chi connectivity index (χ0n) is 11.4. The van der Waals surface area contributed by atoms with Gasteiger partial charge in [-0.05, 0) is 39.2 Å². The van der Waals surface area contributed by atoms with Crippen LogP contribution >= 0.6 is 11.3 Å². The van der Waals surface area contributed by atoms with Crippen LogP contribution in [0.4, 0.5) is 0 Å². The molecule has 1 fully saturated rings. The molecule has 2 rings (SSSR count). The summed E-state index contributed by atoms with van der Waals surface area (Å²) in [6, 6.07) is 0.609. The fourth-order valence-corrected chi connectivity index (χ4v) is 4.05. The number of nitrogens with zero attached hydrogens (tertiary/aromatic N) is 1. The molecular formula is C14H24N2S. The molecule has 0 saturated heterocycles. The lowest BCUT2D eigenvalue weighted by Crippen LogP contribution is -2.36. The maximum absolute atomic E-state index is 4.67. The van der Waals surface area contributed by atoms with Gasteiger partial charge in [-0.1, -0.05) is 19.8 Å². The minimum atomic E-state index is 0.609. The van der Waals surface area contributed by atoms with E-state index in [2.05, 4.69) is 38.1 Å². The monoisotopic (exact) mass is 252 g/mol. The maximum atomic E-state index is 4.67. The molecule has 0 bridgehead atoms. The molecular weight excluding hydrogens is 228 g/mol. The van der Waals surface area contributed by atoms with Crippen LogP contribution in [0, 0.1) is 25.7 Å². The average molecular weight is 252 g/mol. The molecule has 1 N–H and O–H groups in total. The topological polar surface area (TPSA) is 24.9 Å². The number of hydrogen-bond donors (Lipinski definition) is 1. The summed E-state index contributed by atoms with van der Waals surface area (Å²) in [6.07, 6.45) is 5.29. The third-order valence-corrected chi connectivity index (χ3v) is 5.38. The highest BCUT2D eigenvalue weighted by Crippen LogP contribution is 2.35. The molecule has 2 nitrogen and oxygen atoms in total. The van der Waals surface area contributed by atoms with Crippen molar-refractivity contribution in [1.82, 2.24) is 10.3 Å². The third kappa shape index (κ3) is 2.89. The van der Waals surface area contributed by atoms with E-state index >= 15 is 0 Å². The summed E-state index contributed by atoms with van der Waals surface area (Å²) in [5.41, 5.74) is 1.21. The van der Waals surface area contributed by atoms with Gasteiger partial charge in [0, 0.05) is 17.3 Å². The largest absolute Gasteiger partial charge is 0.316 e. The van der Waals surface area contributed by atoms with E-state index in [-0.39, 0.29) is 0 Å². The number of hydrogen-bond acceptors (Lipinski definition) is 3. The number of thiazole rings is 1. The summed E-state index contributed by atoms with van der Waals surface area (Å²) in [5, 5.41) is 4.82. The van der Waals surface area contributed by atoms with Gasteiger partial charge in [0.1, 0.15) is 0 Å². The molecule has 0 spiro atoms. The van der Waals surface area contributed by atoms with Crippen molar-refractivity contribution in [2.24, 2.45) is 11.8 Å². The van der Waals surface area contributed by atoms with Crippen molar-refractivity contribution < 1.29 is 0 Å². The maximum Gasteiger partial charge on any atom is 0.0946 e. The van der Waals surface area contributed by atoms with Gasteiger partial charge in [0.05, 0.1) is 10.7 Å². The third-order valence-electron chi connectivity index (χ3n) is 4.28. The van der Waals surface area contributed by atoms with E-state index in [0.717, 1.165) is 18.3 Å². The smallest absolute Gasteiger partial charge is 0.0946 e. The predicted octanol–water partition coefficient (Wildman–Crippen LogP) is 3.33. The fourth-order valence-electron chi connectivity index (χ4n) is 3.05. The van der Waals surface area contributed by atoms with E-state index in [1.165, 1.54) is 34.8 Å². The highest BCUT2D eigenvalue weighted by molar-refractivity contribution is 7.11. The number of rotatable bonds is 4. The Labute approximate surface area is 109 Å². The molecule has 3 atom stereocenters. The zero-order valence-corrected chi connectivity index (χ0v) is 12.2. The van der Waals surface area contributed by atoms with Crippen LogP contribution < -0.4 is 5.32 Å². The fraction of sp³-hybridized carbons (Fsp3) is 0.786. The van der Waals surface area contributed by atoms with E-state index in [9.17, 15) is 0 Å². The van der Waals surface area contributed by atoms with Crippen LogP contribution in [0.25, 0.3) is 0 Å². The van der Waals surface area contributed by atoms with Crippen LogP contribution in [-0.2, 0) is 6.42 Å². The Morgan fingerprint density at radius 1 is 1.41 bits per heavy atom. The second-order valence-corrected chi connectivity index (χ2v) is 6.71. The molecule has 0 aromatic carbocycles. The van der Waals surface area contributed by atoms with Crippen molar-refractivity contribution >= 4 is 11.3 Å². The highest BCUT2D eigenvalue weighted by atomic mass is 32.1. The lowest BCUT2D eigenvalue weighted by molar-refractivity contribution is 0.308. The van der Waals surface area contributed by atoms with Gasteiger partial charge in [0.15, 0.2) is 0 Å². The first kappa shape index (κ1) is 13.0.